The number of thioether (sulfide) groups is 1. The molecule has 0 radical (unpaired) electrons. The van der Waals surface area contributed by atoms with E-state index in [0.29, 0.717) is 11.6 Å². The van der Waals surface area contributed by atoms with Gasteiger partial charge >= 0.3 is 0 Å². The standard InChI is InChI=1S/C12H15N3S/c1-9-2-3-10(8-13)12(14-9)15-11-4-6-16-7-5-11/h2-3,11H,4-7H2,1H3,(H,14,15). The van der Waals surface area contributed by atoms with Crippen LogP contribution in [0.25, 0.3) is 0 Å². The molecule has 1 aromatic heterocycles. The van der Waals surface area contributed by atoms with Gasteiger partial charge in [0.15, 0.2) is 0 Å². The van der Waals surface area contributed by atoms with Gasteiger partial charge in [-0.25, -0.2) is 4.98 Å². The Hall–Kier alpha value is -1.21. The molecule has 84 valence electrons. The molecule has 2 heterocycles. The molecule has 1 N–H and O–H groups in total. The summed E-state index contributed by atoms with van der Waals surface area (Å²) in [5.41, 5.74) is 1.59. The Morgan fingerprint density at radius 2 is 2.19 bits per heavy atom. The van der Waals surface area contributed by atoms with Crippen LogP contribution >= 0.6 is 11.8 Å². The Morgan fingerprint density at radius 1 is 1.44 bits per heavy atom. The summed E-state index contributed by atoms with van der Waals surface area (Å²) in [7, 11) is 0. The summed E-state index contributed by atoms with van der Waals surface area (Å²) >= 11 is 2.00. The van der Waals surface area contributed by atoms with Gasteiger partial charge < -0.3 is 5.32 Å². The largest absolute Gasteiger partial charge is 0.366 e. The summed E-state index contributed by atoms with van der Waals surface area (Å²) in [5, 5.41) is 12.4. The van der Waals surface area contributed by atoms with Crippen LogP contribution in [0.4, 0.5) is 5.82 Å². The lowest BCUT2D eigenvalue weighted by atomic mass is 10.1. The molecule has 0 aromatic carbocycles. The highest BCUT2D eigenvalue weighted by atomic mass is 32.2. The van der Waals surface area contributed by atoms with Crippen LogP contribution in [-0.2, 0) is 0 Å². The number of nitrogens with one attached hydrogen (secondary N) is 1. The molecule has 1 aromatic rings. The number of nitrogens with zero attached hydrogens (tertiary/aromatic N) is 2. The predicted molar refractivity (Wildman–Crippen MR) is 67.7 cm³/mol. The molecule has 0 saturated carbocycles. The van der Waals surface area contributed by atoms with E-state index >= 15 is 0 Å². The first-order valence-corrected chi connectivity index (χ1v) is 6.67. The average Bonchev–Trinajstić information content (AvgIpc) is 2.31. The monoisotopic (exact) mass is 233 g/mol. The molecule has 1 aliphatic rings. The van der Waals surface area contributed by atoms with Crippen molar-refractivity contribution < 1.29 is 0 Å². The van der Waals surface area contributed by atoms with Crippen molar-refractivity contribution in [3.05, 3.63) is 23.4 Å². The zero-order chi connectivity index (χ0) is 11.4. The van der Waals surface area contributed by atoms with E-state index < -0.39 is 0 Å². The Morgan fingerprint density at radius 3 is 2.88 bits per heavy atom. The Bertz CT molecular complexity index is 405. The molecule has 1 aliphatic heterocycles. The van der Waals surface area contributed by atoms with E-state index in [9.17, 15) is 0 Å². The second kappa shape index (κ2) is 5.22. The van der Waals surface area contributed by atoms with Gasteiger partial charge in [0, 0.05) is 11.7 Å². The highest BCUT2D eigenvalue weighted by Crippen LogP contribution is 2.21. The van der Waals surface area contributed by atoms with Crippen LogP contribution in [0.1, 0.15) is 24.1 Å². The number of hydrogen-bond acceptors (Lipinski definition) is 4. The van der Waals surface area contributed by atoms with Gasteiger partial charge in [-0.3, -0.25) is 0 Å². The van der Waals surface area contributed by atoms with Crippen LogP contribution in [0.3, 0.4) is 0 Å². The quantitative estimate of drug-likeness (QED) is 0.853. The van der Waals surface area contributed by atoms with Gasteiger partial charge in [0.25, 0.3) is 0 Å². The number of aromatic nitrogens is 1. The van der Waals surface area contributed by atoms with Crippen molar-refractivity contribution in [1.29, 1.82) is 5.26 Å². The zero-order valence-electron chi connectivity index (χ0n) is 9.36. The first kappa shape index (κ1) is 11.3. The Balaban J connectivity index is 2.13. The van der Waals surface area contributed by atoms with E-state index in [1.807, 2.05) is 30.8 Å². The summed E-state index contributed by atoms with van der Waals surface area (Å²) in [4.78, 5) is 4.40. The lowest BCUT2D eigenvalue weighted by Gasteiger charge is -2.23. The number of hydrogen-bond donors (Lipinski definition) is 1. The molecule has 2 rings (SSSR count). The molecule has 0 amide bonds. The van der Waals surface area contributed by atoms with E-state index in [1.165, 1.54) is 11.5 Å². The van der Waals surface area contributed by atoms with Crippen LogP contribution in [0, 0.1) is 18.3 Å². The van der Waals surface area contributed by atoms with E-state index in [4.69, 9.17) is 5.26 Å². The minimum absolute atomic E-state index is 0.475. The number of pyridine rings is 1. The highest BCUT2D eigenvalue weighted by Gasteiger charge is 2.15. The van der Waals surface area contributed by atoms with Crippen LogP contribution in [0.5, 0.6) is 0 Å². The fourth-order valence-electron chi connectivity index (χ4n) is 1.79. The van der Waals surface area contributed by atoms with Gasteiger partial charge in [-0.05, 0) is 43.4 Å². The molecular formula is C12H15N3S. The summed E-state index contributed by atoms with van der Waals surface area (Å²) in [6, 6.07) is 6.37. The molecule has 0 spiro atoms. The van der Waals surface area contributed by atoms with Gasteiger partial charge in [0.2, 0.25) is 0 Å². The summed E-state index contributed by atoms with van der Waals surface area (Å²) in [6.45, 7) is 1.95. The first-order chi connectivity index (χ1) is 7.79. The zero-order valence-corrected chi connectivity index (χ0v) is 10.2. The summed E-state index contributed by atoms with van der Waals surface area (Å²) in [5.74, 6) is 3.15. The average molecular weight is 233 g/mol. The van der Waals surface area contributed by atoms with Gasteiger partial charge in [0.1, 0.15) is 11.9 Å². The van der Waals surface area contributed by atoms with E-state index in [1.54, 1.807) is 0 Å². The summed E-state index contributed by atoms with van der Waals surface area (Å²) < 4.78 is 0. The van der Waals surface area contributed by atoms with Crippen molar-refractivity contribution >= 4 is 17.6 Å². The van der Waals surface area contributed by atoms with E-state index in [-0.39, 0.29) is 0 Å². The van der Waals surface area contributed by atoms with E-state index in [2.05, 4.69) is 16.4 Å². The van der Waals surface area contributed by atoms with Crippen LogP contribution < -0.4 is 5.32 Å². The topological polar surface area (TPSA) is 48.7 Å². The molecule has 0 bridgehead atoms. The minimum Gasteiger partial charge on any atom is -0.366 e. The molecule has 0 unspecified atom stereocenters. The number of aryl methyl sites for hydroxylation is 1. The molecule has 1 saturated heterocycles. The maximum Gasteiger partial charge on any atom is 0.144 e. The molecule has 16 heavy (non-hydrogen) atoms. The van der Waals surface area contributed by atoms with Gasteiger partial charge in [-0.1, -0.05) is 0 Å². The number of rotatable bonds is 2. The lowest BCUT2D eigenvalue weighted by molar-refractivity contribution is 0.663. The van der Waals surface area contributed by atoms with Crippen molar-refractivity contribution in [3.8, 4) is 6.07 Å². The molecule has 0 atom stereocenters. The van der Waals surface area contributed by atoms with Crippen molar-refractivity contribution in [2.45, 2.75) is 25.8 Å². The van der Waals surface area contributed by atoms with Crippen LogP contribution in [0.2, 0.25) is 0 Å². The van der Waals surface area contributed by atoms with Crippen molar-refractivity contribution in [2.24, 2.45) is 0 Å². The van der Waals surface area contributed by atoms with Gasteiger partial charge in [0.05, 0.1) is 5.56 Å². The van der Waals surface area contributed by atoms with Crippen molar-refractivity contribution in [3.63, 3.8) is 0 Å². The van der Waals surface area contributed by atoms with Gasteiger partial charge in [-0.15, -0.1) is 0 Å². The normalized spacial score (nSPS) is 16.8. The fraction of sp³-hybridized carbons (Fsp3) is 0.500. The third-order valence-electron chi connectivity index (χ3n) is 2.72. The predicted octanol–water partition coefficient (Wildman–Crippen LogP) is 2.57. The third kappa shape index (κ3) is 2.67. The summed E-state index contributed by atoms with van der Waals surface area (Å²) in [6.07, 6.45) is 2.32. The SMILES string of the molecule is Cc1ccc(C#N)c(NC2CCSCC2)n1. The maximum atomic E-state index is 9.00. The molecule has 1 fully saturated rings. The highest BCUT2D eigenvalue weighted by molar-refractivity contribution is 7.99. The molecule has 4 heteroatoms. The van der Waals surface area contributed by atoms with Crippen molar-refractivity contribution in [2.75, 3.05) is 16.8 Å². The van der Waals surface area contributed by atoms with Gasteiger partial charge in [-0.2, -0.15) is 17.0 Å². The number of anilines is 1. The maximum absolute atomic E-state index is 9.00. The molecule has 3 nitrogen and oxygen atoms in total. The Labute approximate surface area is 100 Å². The third-order valence-corrected chi connectivity index (χ3v) is 3.77. The van der Waals surface area contributed by atoms with Crippen LogP contribution in [-0.4, -0.2) is 22.5 Å². The second-order valence-corrected chi connectivity index (χ2v) is 5.22. The smallest absolute Gasteiger partial charge is 0.144 e. The lowest BCUT2D eigenvalue weighted by Crippen LogP contribution is -2.25. The Kier molecular flexibility index (Phi) is 3.68. The molecule has 0 aliphatic carbocycles. The fourth-order valence-corrected chi connectivity index (χ4v) is 2.90. The van der Waals surface area contributed by atoms with Crippen LogP contribution in [0.15, 0.2) is 12.1 Å². The second-order valence-electron chi connectivity index (χ2n) is 3.99. The van der Waals surface area contributed by atoms with Crippen molar-refractivity contribution in [1.82, 2.24) is 4.98 Å². The molecular weight excluding hydrogens is 218 g/mol. The number of nitriles is 1. The minimum atomic E-state index is 0.475. The first-order valence-electron chi connectivity index (χ1n) is 5.51. The van der Waals surface area contributed by atoms with E-state index in [0.717, 1.165) is 24.4 Å².